The number of hydrogen-bond acceptors (Lipinski definition) is 4. The zero-order valence-corrected chi connectivity index (χ0v) is 16.2. The summed E-state index contributed by atoms with van der Waals surface area (Å²) in [5.41, 5.74) is 0.908. The highest BCUT2D eigenvalue weighted by Crippen LogP contribution is 2.11. The molecule has 0 aliphatic carbocycles. The monoisotopic (exact) mass is 390 g/mol. The molecule has 0 bridgehead atoms. The van der Waals surface area contributed by atoms with Gasteiger partial charge in [-0.15, -0.1) is 0 Å². The fraction of sp³-hybridized carbons (Fsp3) is 0.273. The summed E-state index contributed by atoms with van der Waals surface area (Å²) < 4.78 is 2.23. The van der Waals surface area contributed by atoms with Crippen molar-refractivity contribution in [1.82, 2.24) is 19.2 Å². The first kappa shape index (κ1) is 18.9. The molecule has 1 aliphatic heterocycles. The number of aromatic nitrogens is 3. The Hall–Kier alpha value is -3.48. The van der Waals surface area contributed by atoms with Gasteiger partial charge in [-0.3, -0.25) is 14.2 Å². The van der Waals surface area contributed by atoms with E-state index in [0.29, 0.717) is 18.8 Å². The summed E-state index contributed by atoms with van der Waals surface area (Å²) in [6.45, 7) is 3.23. The summed E-state index contributed by atoms with van der Waals surface area (Å²) in [6, 6.07) is 16.4. The molecular formula is C22H22N4O3. The first-order valence-corrected chi connectivity index (χ1v) is 9.69. The van der Waals surface area contributed by atoms with Crippen LogP contribution in [0.1, 0.15) is 34.5 Å². The molecule has 3 aromatic rings. The van der Waals surface area contributed by atoms with Crippen LogP contribution in [0.2, 0.25) is 0 Å². The number of carbonyl (C=O) groups excluding carboxylic acids is 1. The fourth-order valence-electron chi connectivity index (χ4n) is 3.59. The van der Waals surface area contributed by atoms with E-state index in [9.17, 15) is 14.4 Å². The van der Waals surface area contributed by atoms with Crippen molar-refractivity contribution in [3.05, 3.63) is 92.3 Å². The van der Waals surface area contributed by atoms with Crippen LogP contribution in [0, 0.1) is 6.92 Å². The van der Waals surface area contributed by atoms with Gasteiger partial charge in [0.25, 0.3) is 11.5 Å². The van der Waals surface area contributed by atoms with Crippen molar-refractivity contribution in [2.24, 2.45) is 0 Å². The third-order valence-electron chi connectivity index (χ3n) is 5.08. The molecular weight excluding hydrogens is 368 g/mol. The van der Waals surface area contributed by atoms with Crippen LogP contribution in [0.5, 0.6) is 0 Å². The Morgan fingerprint density at radius 3 is 2.41 bits per heavy atom. The Morgan fingerprint density at radius 1 is 1.00 bits per heavy atom. The van der Waals surface area contributed by atoms with Crippen molar-refractivity contribution in [1.29, 1.82) is 0 Å². The third-order valence-corrected chi connectivity index (χ3v) is 5.08. The Bertz CT molecular complexity index is 1160. The molecule has 1 aromatic heterocycles. The summed E-state index contributed by atoms with van der Waals surface area (Å²) in [6.07, 6.45) is 1.81. The van der Waals surface area contributed by atoms with Crippen molar-refractivity contribution in [3.8, 4) is 5.69 Å². The maximum absolute atomic E-state index is 13.1. The van der Waals surface area contributed by atoms with Gasteiger partial charge in [-0.05, 0) is 37.5 Å². The number of carbonyl (C=O) groups is 1. The summed E-state index contributed by atoms with van der Waals surface area (Å²) in [7, 11) is 0. The molecule has 7 heteroatoms. The number of para-hydroxylation sites is 1. The fourth-order valence-corrected chi connectivity index (χ4v) is 3.59. The summed E-state index contributed by atoms with van der Waals surface area (Å²) in [4.78, 5) is 40.8. The van der Waals surface area contributed by atoms with E-state index in [0.717, 1.165) is 33.2 Å². The van der Waals surface area contributed by atoms with Crippen LogP contribution in [0.25, 0.3) is 5.69 Å². The summed E-state index contributed by atoms with van der Waals surface area (Å²) in [5.74, 6) is -0.421. The van der Waals surface area contributed by atoms with E-state index in [1.165, 1.54) is 0 Å². The number of rotatable bonds is 4. The zero-order chi connectivity index (χ0) is 20.4. The lowest BCUT2D eigenvalue weighted by atomic mass is 10.1. The van der Waals surface area contributed by atoms with Crippen LogP contribution in [0.4, 0.5) is 0 Å². The minimum atomic E-state index is -0.652. The van der Waals surface area contributed by atoms with Gasteiger partial charge >= 0.3 is 5.69 Å². The molecule has 0 atom stereocenters. The molecule has 148 valence electrons. The second-order valence-corrected chi connectivity index (χ2v) is 7.26. The van der Waals surface area contributed by atoms with Gasteiger partial charge in [-0.25, -0.2) is 4.79 Å². The Balaban J connectivity index is 1.88. The SMILES string of the molecule is Cc1cccc(Cn2c(=O)c(C(=O)N3CCCC3)nn(-c3ccccc3)c2=O)c1. The molecule has 1 amide bonds. The Kier molecular flexibility index (Phi) is 5.12. The standard InChI is InChI=1S/C22H22N4O3/c1-16-8-7-9-17(14-16)15-25-21(28)19(20(27)24-12-5-6-13-24)23-26(22(25)29)18-10-3-2-4-11-18/h2-4,7-11,14H,5-6,12-13,15H2,1H3. The maximum Gasteiger partial charge on any atom is 0.352 e. The van der Waals surface area contributed by atoms with Crippen LogP contribution in [0.3, 0.4) is 0 Å². The second kappa shape index (κ2) is 7.87. The molecule has 0 N–H and O–H groups in total. The smallest absolute Gasteiger partial charge is 0.337 e. The van der Waals surface area contributed by atoms with E-state index in [4.69, 9.17) is 0 Å². The third kappa shape index (κ3) is 3.76. The molecule has 4 rings (SSSR count). The summed E-state index contributed by atoms with van der Waals surface area (Å²) in [5, 5.41) is 4.19. The number of aryl methyl sites for hydroxylation is 1. The van der Waals surface area contributed by atoms with Crippen LogP contribution >= 0.6 is 0 Å². The first-order valence-electron chi connectivity index (χ1n) is 9.69. The topological polar surface area (TPSA) is 77.2 Å². The average molecular weight is 390 g/mol. The summed E-state index contributed by atoms with van der Waals surface area (Å²) >= 11 is 0. The predicted octanol–water partition coefficient (Wildman–Crippen LogP) is 1.99. The van der Waals surface area contributed by atoms with Crippen molar-refractivity contribution in [2.75, 3.05) is 13.1 Å². The van der Waals surface area contributed by atoms with E-state index in [2.05, 4.69) is 5.10 Å². The first-order chi connectivity index (χ1) is 14.0. The predicted molar refractivity (Wildman–Crippen MR) is 110 cm³/mol. The molecule has 2 aromatic carbocycles. The number of likely N-dealkylation sites (tertiary alicyclic amines) is 1. The molecule has 0 spiro atoms. The molecule has 2 heterocycles. The zero-order valence-electron chi connectivity index (χ0n) is 16.2. The van der Waals surface area contributed by atoms with Crippen molar-refractivity contribution in [2.45, 2.75) is 26.3 Å². The molecule has 0 saturated carbocycles. The highest BCUT2D eigenvalue weighted by atomic mass is 16.2. The van der Waals surface area contributed by atoms with E-state index in [1.807, 2.05) is 37.3 Å². The molecule has 1 saturated heterocycles. The average Bonchev–Trinajstić information content (AvgIpc) is 3.26. The second-order valence-electron chi connectivity index (χ2n) is 7.26. The van der Waals surface area contributed by atoms with E-state index >= 15 is 0 Å². The molecule has 1 fully saturated rings. The van der Waals surface area contributed by atoms with Gasteiger partial charge in [0.1, 0.15) is 0 Å². The van der Waals surface area contributed by atoms with Gasteiger partial charge in [0.15, 0.2) is 0 Å². The lowest BCUT2D eigenvalue weighted by Crippen LogP contribution is -2.46. The Morgan fingerprint density at radius 2 is 1.72 bits per heavy atom. The van der Waals surface area contributed by atoms with Crippen LogP contribution in [-0.2, 0) is 6.54 Å². The van der Waals surface area contributed by atoms with E-state index < -0.39 is 17.2 Å². The number of benzene rings is 2. The van der Waals surface area contributed by atoms with Crippen molar-refractivity contribution in [3.63, 3.8) is 0 Å². The molecule has 7 nitrogen and oxygen atoms in total. The largest absolute Gasteiger partial charge is 0.352 e. The van der Waals surface area contributed by atoms with Gasteiger partial charge in [0.2, 0.25) is 5.69 Å². The van der Waals surface area contributed by atoms with E-state index in [1.54, 1.807) is 29.2 Å². The van der Waals surface area contributed by atoms with Gasteiger partial charge in [0, 0.05) is 13.1 Å². The van der Waals surface area contributed by atoms with Crippen LogP contribution in [0.15, 0.2) is 64.2 Å². The highest BCUT2D eigenvalue weighted by molar-refractivity contribution is 5.92. The highest BCUT2D eigenvalue weighted by Gasteiger charge is 2.26. The lowest BCUT2D eigenvalue weighted by Gasteiger charge is -2.16. The molecule has 0 unspecified atom stereocenters. The number of hydrogen-bond donors (Lipinski definition) is 0. The number of nitrogens with zero attached hydrogens (tertiary/aromatic N) is 4. The number of amides is 1. The van der Waals surface area contributed by atoms with Crippen molar-refractivity contribution < 1.29 is 4.79 Å². The van der Waals surface area contributed by atoms with Gasteiger partial charge in [-0.1, -0.05) is 48.0 Å². The quantitative estimate of drug-likeness (QED) is 0.683. The maximum atomic E-state index is 13.1. The van der Waals surface area contributed by atoms with E-state index in [-0.39, 0.29) is 12.2 Å². The normalized spacial score (nSPS) is 13.6. The lowest BCUT2D eigenvalue weighted by molar-refractivity contribution is 0.0781. The molecule has 29 heavy (non-hydrogen) atoms. The molecule has 1 aliphatic rings. The van der Waals surface area contributed by atoms with Gasteiger partial charge < -0.3 is 4.90 Å². The van der Waals surface area contributed by atoms with Gasteiger partial charge in [-0.2, -0.15) is 9.78 Å². The van der Waals surface area contributed by atoms with Crippen LogP contribution in [-0.4, -0.2) is 38.2 Å². The minimum Gasteiger partial charge on any atom is -0.337 e. The van der Waals surface area contributed by atoms with Crippen molar-refractivity contribution >= 4 is 5.91 Å². The minimum absolute atomic E-state index is 0.0784. The Labute approximate surface area is 167 Å². The molecule has 0 radical (unpaired) electrons. The van der Waals surface area contributed by atoms with Gasteiger partial charge in [0.05, 0.1) is 12.2 Å². The van der Waals surface area contributed by atoms with Crippen LogP contribution < -0.4 is 11.2 Å².